The zero-order chi connectivity index (χ0) is 10.9. The lowest BCUT2D eigenvalue weighted by atomic mass is 10.4. The first-order valence-corrected chi connectivity index (χ1v) is 6.31. The van der Waals surface area contributed by atoms with Crippen molar-refractivity contribution in [3.8, 4) is 0 Å². The summed E-state index contributed by atoms with van der Waals surface area (Å²) in [4.78, 5) is 2.92. The third kappa shape index (κ3) is 2.61. The van der Waals surface area contributed by atoms with Gasteiger partial charge in [0.05, 0.1) is 4.47 Å². The Balaban J connectivity index is 3.37. The Kier molecular flexibility index (Phi) is 3.44. The van der Waals surface area contributed by atoms with E-state index in [1.807, 2.05) is 0 Å². The van der Waals surface area contributed by atoms with Gasteiger partial charge in [0.2, 0.25) is 0 Å². The molecule has 0 fully saturated rings. The van der Waals surface area contributed by atoms with Crippen LogP contribution in [-0.4, -0.2) is 13.4 Å². The van der Waals surface area contributed by atoms with Crippen LogP contribution in [0.15, 0.2) is 21.6 Å². The van der Waals surface area contributed by atoms with E-state index in [9.17, 15) is 17.2 Å². The molecule has 1 rings (SSSR count). The third-order valence-electron chi connectivity index (χ3n) is 1.33. The summed E-state index contributed by atoms with van der Waals surface area (Å²) in [5, 5.41) is 0. The second kappa shape index (κ2) is 4.08. The van der Waals surface area contributed by atoms with Crippen molar-refractivity contribution in [1.82, 2.24) is 4.98 Å². The Morgan fingerprint density at radius 2 is 2.07 bits per heavy atom. The van der Waals surface area contributed by atoms with Crippen LogP contribution in [0.5, 0.6) is 0 Å². The van der Waals surface area contributed by atoms with E-state index in [0.29, 0.717) is 0 Å². The first-order chi connectivity index (χ1) is 6.32. The van der Waals surface area contributed by atoms with Crippen LogP contribution in [0.1, 0.15) is 12.1 Å². The summed E-state index contributed by atoms with van der Waals surface area (Å²) in [5.41, 5.74) is -0.632. The van der Waals surface area contributed by atoms with Crippen LogP contribution >= 0.6 is 26.6 Å². The van der Waals surface area contributed by atoms with E-state index in [0.717, 1.165) is 12.3 Å². The van der Waals surface area contributed by atoms with Gasteiger partial charge in [0.25, 0.3) is 15.5 Å². The fraction of sp³-hybridized carbons (Fsp3) is 0.167. The average Bonchev–Trinajstić information content (AvgIpc) is 2.02. The molecule has 0 aliphatic rings. The zero-order valence-electron chi connectivity index (χ0n) is 6.42. The molecule has 1 heterocycles. The molecule has 0 unspecified atom stereocenters. The van der Waals surface area contributed by atoms with Gasteiger partial charge in [-0.15, -0.1) is 0 Å². The van der Waals surface area contributed by atoms with E-state index < -0.39 is 26.1 Å². The molecule has 0 saturated carbocycles. The topological polar surface area (TPSA) is 47.0 Å². The van der Waals surface area contributed by atoms with Crippen molar-refractivity contribution >= 4 is 35.7 Å². The highest BCUT2D eigenvalue weighted by Gasteiger charge is 2.18. The van der Waals surface area contributed by atoms with Gasteiger partial charge in [-0.1, -0.05) is 0 Å². The van der Waals surface area contributed by atoms with Gasteiger partial charge in [-0.2, -0.15) is 0 Å². The molecular formula is C6H3BrClF2NO2S. The average molecular weight is 307 g/mol. The Morgan fingerprint density at radius 1 is 1.50 bits per heavy atom. The van der Waals surface area contributed by atoms with Gasteiger partial charge in [-0.05, 0) is 22.0 Å². The van der Waals surface area contributed by atoms with E-state index in [1.54, 1.807) is 0 Å². The minimum atomic E-state index is -4.04. The summed E-state index contributed by atoms with van der Waals surface area (Å²) >= 11 is 2.84. The predicted octanol–water partition coefficient (Wildman–Crippen LogP) is 2.71. The smallest absolute Gasteiger partial charge is 0.254 e. The van der Waals surface area contributed by atoms with Crippen LogP contribution in [0.3, 0.4) is 0 Å². The van der Waals surface area contributed by atoms with Crippen molar-refractivity contribution in [2.75, 3.05) is 0 Å². The Bertz CT molecular complexity index is 451. The van der Waals surface area contributed by atoms with Gasteiger partial charge >= 0.3 is 0 Å². The Hall–Kier alpha value is -0.270. The molecule has 3 nitrogen and oxygen atoms in total. The van der Waals surface area contributed by atoms with Gasteiger partial charge in [0.1, 0.15) is 10.6 Å². The second-order valence-electron chi connectivity index (χ2n) is 2.28. The molecule has 0 aliphatic heterocycles. The Morgan fingerprint density at radius 3 is 2.50 bits per heavy atom. The molecule has 0 aromatic carbocycles. The molecule has 0 aliphatic carbocycles. The minimum Gasteiger partial charge on any atom is -0.254 e. The lowest BCUT2D eigenvalue weighted by Crippen LogP contribution is -1.97. The lowest BCUT2D eigenvalue weighted by Gasteiger charge is -2.02. The number of aromatic nitrogens is 1. The molecule has 0 atom stereocenters. The number of rotatable bonds is 2. The molecular weight excluding hydrogens is 303 g/mol. The van der Waals surface area contributed by atoms with Gasteiger partial charge in [0, 0.05) is 16.9 Å². The minimum absolute atomic E-state index is 0.0527. The first kappa shape index (κ1) is 11.8. The van der Waals surface area contributed by atoms with E-state index in [4.69, 9.17) is 10.7 Å². The molecule has 0 N–H and O–H groups in total. The summed E-state index contributed by atoms with van der Waals surface area (Å²) in [5.74, 6) is 0. The summed E-state index contributed by atoms with van der Waals surface area (Å²) in [6.07, 6.45) is -1.86. The number of pyridine rings is 1. The zero-order valence-corrected chi connectivity index (χ0v) is 9.57. The van der Waals surface area contributed by atoms with Crippen molar-refractivity contribution in [2.24, 2.45) is 0 Å². The number of nitrogens with zero attached hydrogens (tertiary/aromatic N) is 1. The number of alkyl halides is 2. The van der Waals surface area contributed by atoms with Gasteiger partial charge < -0.3 is 0 Å². The second-order valence-corrected chi connectivity index (χ2v) is 5.67. The van der Waals surface area contributed by atoms with E-state index >= 15 is 0 Å². The highest BCUT2D eigenvalue weighted by molar-refractivity contribution is 9.10. The van der Waals surface area contributed by atoms with Crippen LogP contribution < -0.4 is 0 Å². The quantitative estimate of drug-likeness (QED) is 0.789. The maximum atomic E-state index is 12.2. The van der Waals surface area contributed by atoms with E-state index in [1.165, 1.54) is 0 Å². The molecule has 0 bridgehead atoms. The number of hydrogen-bond donors (Lipinski definition) is 0. The van der Waals surface area contributed by atoms with Crippen molar-refractivity contribution in [2.45, 2.75) is 11.3 Å². The molecule has 14 heavy (non-hydrogen) atoms. The normalized spacial score (nSPS) is 12.1. The van der Waals surface area contributed by atoms with E-state index in [-0.39, 0.29) is 4.47 Å². The summed E-state index contributed by atoms with van der Waals surface area (Å²) in [6.45, 7) is 0. The standard InChI is InChI=1S/C6H3BrClF2NO2S/c7-3-2-11-4(6(9)10)1-5(3)14(8,12)13/h1-2,6H. The molecule has 0 amide bonds. The SMILES string of the molecule is O=S(=O)(Cl)c1cc(C(F)F)ncc1Br. The largest absolute Gasteiger partial charge is 0.280 e. The van der Waals surface area contributed by atoms with Crippen molar-refractivity contribution < 1.29 is 17.2 Å². The maximum Gasteiger partial charge on any atom is 0.280 e. The lowest BCUT2D eigenvalue weighted by molar-refractivity contribution is 0.145. The molecule has 1 aromatic rings. The summed E-state index contributed by atoms with van der Waals surface area (Å²) in [6, 6.07) is 0.733. The summed E-state index contributed by atoms with van der Waals surface area (Å²) in [7, 11) is 0.973. The highest BCUT2D eigenvalue weighted by atomic mass is 79.9. The fourth-order valence-electron chi connectivity index (χ4n) is 0.742. The first-order valence-electron chi connectivity index (χ1n) is 3.20. The number of halogens is 4. The van der Waals surface area contributed by atoms with Crippen LogP contribution in [-0.2, 0) is 9.05 Å². The van der Waals surface area contributed by atoms with Crippen molar-refractivity contribution in [3.63, 3.8) is 0 Å². The maximum absolute atomic E-state index is 12.2. The third-order valence-corrected chi connectivity index (χ3v) is 3.58. The van der Waals surface area contributed by atoms with Gasteiger partial charge in [0.15, 0.2) is 0 Å². The van der Waals surface area contributed by atoms with E-state index in [2.05, 4.69) is 20.9 Å². The van der Waals surface area contributed by atoms with Crippen LogP contribution in [0.25, 0.3) is 0 Å². The molecule has 0 saturated heterocycles. The fourth-order valence-corrected chi connectivity index (χ4v) is 2.81. The molecule has 8 heteroatoms. The molecule has 1 aromatic heterocycles. The van der Waals surface area contributed by atoms with Gasteiger partial charge in [-0.25, -0.2) is 17.2 Å². The highest BCUT2D eigenvalue weighted by Crippen LogP contribution is 2.27. The number of hydrogen-bond acceptors (Lipinski definition) is 3. The van der Waals surface area contributed by atoms with Gasteiger partial charge in [-0.3, -0.25) is 4.98 Å². The summed E-state index contributed by atoms with van der Waals surface area (Å²) < 4.78 is 46.1. The Labute approximate surface area is 91.6 Å². The van der Waals surface area contributed by atoms with Crippen LogP contribution in [0.4, 0.5) is 8.78 Å². The molecule has 0 radical (unpaired) electrons. The molecule has 78 valence electrons. The van der Waals surface area contributed by atoms with Crippen molar-refractivity contribution in [3.05, 3.63) is 22.4 Å². The van der Waals surface area contributed by atoms with Crippen LogP contribution in [0.2, 0.25) is 0 Å². The van der Waals surface area contributed by atoms with Crippen molar-refractivity contribution in [1.29, 1.82) is 0 Å². The van der Waals surface area contributed by atoms with Crippen LogP contribution in [0, 0.1) is 0 Å². The monoisotopic (exact) mass is 305 g/mol. The predicted molar refractivity (Wildman–Crippen MR) is 49.9 cm³/mol. The molecule has 0 spiro atoms.